The van der Waals surface area contributed by atoms with Crippen molar-refractivity contribution in [2.75, 3.05) is 0 Å². The Balaban J connectivity index is 2.83. The van der Waals surface area contributed by atoms with Gasteiger partial charge in [-0.2, -0.15) is 0 Å². The Morgan fingerprint density at radius 2 is 0.880 bits per heavy atom. The number of alkyl halides is 11. The van der Waals surface area contributed by atoms with E-state index in [0.717, 1.165) is 0 Å². The fourth-order valence-electron chi connectivity index (χ4n) is 2.76. The van der Waals surface area contributed by atoms with Crippen molar-refractivity contribution in [3.05, 3.63) is 35.9 Å². The highest BCUT2D eigenvalue weighted by molar-refractivity contribution is 9.36. The van der Waals surface area contributed by atoms with Crippen molar-refractivity contribution in [3.63, 3.8) is 0 Å². The SMILES string of the molecule is CC(c1ccccc1)C1(Br)C(Br)(Br)C(Br)(Br)C(Br)(Br)C(Br)(Br)C1(Br)Br. The standard InChI is InChI=1S/C14H9Br11/c1-7(8-5-3-2-4-6-8)9(15)10(16,17)12(20,21)14(24,25)13(22,23)11(9,18)19/h2-7H,1H3. The molecule has 1 atom stereocenters. The third-order valence-electron chi connectivity index (χ3n) is 4.39. The van der Waals surface area contributed by atoms with Gasteiger partial charge in [0.1, 0.15) is 16.2 Å². The van der Waals surface area contributed by atoms with Gasteiger partial charge in [-0.3, -0.25) is 0 Å². The van der Waals surface area contributed by atoms with Crippen molar-refractivity contribution in [3.8, 4) is 0 Å². The molecule has 0 saturated heterocycles. The van der Waals surface area contributed by atoms with Gasteiger partial charge in [0.25, 0.3) is 0 Å². The third-order valence-corrected chi connectivity index (χ3v) is 28.9. The summed E-state index contributed by atoms with van der Waals surface area (Å²) in [5, 5.41) is 0. The quantitative estimate of drug-likeness (QED) is 0.259. The largest absolute Gasteiger partial charge is 0.135 e. The lowest BCUT2D eigenvalue weighted by atomic mass is 9.76. The van der Waals surface area contributed by atoms with Gasteiger partial charge in [-0.1, -0.05) is 212 Å². The van der Waals surface area contributed by atoms with Crippen LogP contribution in [0.5, 0.6) is 0 Å². The Hall–Kier alpha value is 4.50. The predicted octanol–water partition coefficient (Wildman–Crippen LogP) is 10.4. The van der Waals surface area contributed by atoms with Crippen LogP contribution in [0, 0.1) is 0 Å². The van der Waals surface area contributed by atoms with Crippen molar-refractivity contribution >= 4 is 175 Å². The van der Waals surface area contributed by atoms with Crippen molar-refractivity contribution in [2.45, 2.75) is 33.3 Å². The summed E-state index contributed by atoms with van der Waals surface area (Å²) in [5.74, 6) is 0.0613. The van der Waals surface area contributed by atoms with E-state index in [4.69, 9.17) is 0 Å². The van der Waals surface area contributed by atoms with E-state index in [1.807, 2.05) is 18.2 Å². The molecule has 1 saturated carbocycles. The Bertz CT molecular complexity index is 620. The second-order valence-electron chi connectivity index (χ2n) is 5.72. The first-order valence-electron chi connectivity index (χ1n) is 6.64. The fraction of sp³-hybridized carbons (Fsp3) is 0.571. The average molecular weight is 1060 g/mol. The van der Waals surface area contributed by atoms with Crippen LogP contribution in [0.3, 0.4) is 0 Å². The molecule has 0 amide bonds. The van der Waals surface area contributed by atoms with Crippen molar-refractivity contribution < 1.29 is 0 Å². The van der Waals surface area contributed by atoms with Gasteiger partial charge in [-0.25, -0.2) is 0 Å². The smallest absolute Gasteiger partial charge is 0.0795 e. The summed E-state index contributed by atoms with van der Waals surface area (Å²) in [7, 11) is 0. The molecule has 1 unspecified atom stereocenters. The molecule has 0 N–H and O–H groups in total. The van der Waals surface area contributed by atoms with E-state index in [-0.39, 0.29) is 5.92 Å². The maximum Gasteiger partial charge on any atom is 0.135 e. The van der Waals surface area contributed by atoms with Gasteiger partial charge in [0, 0.05) is 5.92 Å². The molecule has 1 fully saturated rings. The van der Waals surface area contributed by atoms with Crippen LogP contribution in [0.25, 0.3) is 0 Å². The molecule has 142 valence electrons. The molecule has 25 heavy (non-hydrogen) atoms. The topological polar surface area (TPSA) is 0 Å². The van der Waals surface area contributed by atoms with Gasteiger partial charge in [-0.05, 0) is 5.56 Å². The van der Waals surface area contributed by atoms with E-state index >= 15 is 0 Å². The average Bonchev–Trinajstić information content (AvgIpc) is 2.52. The van der Waals surface area contributed by atoms with Crippen molar-refractivity contribution in [1.29, 1.82) is 0 Å². The van der Waals surface area contributed by atoms with E-state index in [1.54, 1.807) is 0 Å². The van der Waals surface area contributed by atoms with Gasteiger partial charge < -0.3 is 0 Å². The van der Waals surface area contributed by atoms with E-state index in [9.17, 15) is 0 Å². The van der Waals surface area contributed by atoms with Gasteiger partial charge >= 0.3 is 0 Å². The molecule has 1 aromatic carbocycles. The van der Waals surface area contributed by atoms with Crippen LogP contribution in [0.4, 0.5) is 0 Å². The zero-order chi connectivity index (χ0) is 19.7. The molecule has 0 aromatic heterocycles. The van der Waals surface area contributed by atoms with Gasteiger partial charge in [0.15, 0.2) is 0 Å². The highest BCUT2D eigenvalue weighted by atomic mass is 79.9. The Morgan fingerprint density at radius 3 is 1.24 bits per heavy atom. The number of benzene rings is 1. The van der Waals surface area contributed by atoms with E-state index in [2.05, 4.69) is 194 Å². The first-order chi connectivity index (χ1) is 11.0. The summed E-state index contributed by atoms with van der Waals surface area (Å²) in [5.41, 5.74) is 1.19. The number of rotatable bonds is 2. The van der Waals surface area contributed by atoms with Crippen LogP contribution in [0.15, 0.2) is 30.3 Å². The Labute approximate surface area is 240 Å². The van der Waals surface area contributed by atoms with E-state index < -0.39 is 20.5 Å². The van der Waals surface area contributed by atoms with Crippen LogP contribution in [0.2, 0.25) is 0 Å². The van der Waals surface area contributed by atoms with E-state index in [1.165, 1.54) is 5.56 Å². The molecule has 0 nitrogen and oxygen atoms in total. The lowest BCUT2D eigenvalue weighted by Gasteiger charge is -2.67. The molecule has 0 spiro atoms. The van der Waals surface area contributed by atoms with Gasteiger partial charge in [-0.15, -0.1) is 0 Å². The minimum absolute atomic E-state index is 0.0613. The highest BCUT2D eigenvalue weighted by Crippen LogP contribution is 2.83. The molecule has 1 aliphatic carbocycles. The maximum absolute atomic E-state index is 4.09. The van der Waals surface area contributed by atoms with Crippen LogP contribution >= 0.6 is 175 Å². The lowest BCUT2D eigenvalue weighted by Crippen LogP contribution is -2.79. The Kier molecular flexibility index (Phi) is 8.37. The zero-order valence-corrected chi connectivity index (χ0v) is 29.6. The van der Waals surface area contributed by atoms with Gasteiger partial charge in [0.05, 0.1) is 4.32 Å². The zero-order valence-electron chi connectivity index (χ0n) is 12.1. The number of hydrogen-bond donors (Lipinski definition) is 0. The second-order valence-corrected chi connectivity index (χ2v) is 24.2. The summed E-state index contributed by atoms with van der Waals surface area (Å²) in [4.78, 5) is 0. The monoisotopic (exact) mass is 1050 g/mol. The highest BCUT2D eigenvalue weighted by Gasteiger charge is 2.85. The summed E-state index contributed by atoms with van der Waals surface area (Å²) < 4.78 is -4.11. The molecule has 1 aliphatic rings. The summed E-state index contributed by atoms with van der Waals surface area (Å²) in [6.07, 6.45) is 0. The normalized spacial score (nSPS) is 29.0. The van der Waals surface area contributed by atoms with Crippen LogP contribution in [-0.2, 0) is 0 Å². The molecule has 1 aromatic rings. The summed E-state index contributed by atoms with van der Waals surface area (Å²) >= 11 is 43.1. The minimum atomic E-state index is -0.704. The molecular formula is C14H9Br11. The predicted molar refractivity (Wildman–Crippen MR) is 149 cm³/mol. The van der Waals surface area contributed by atoms with Crippen LogP contribution in [-0.4, -0.2) is 20.5 Å². The first-order valence-corrected chi connectivity index (χ1v) is 15.4. The maximum atomic E-state index is 4.09. The molecule has 0 bridgehead atoms. The minimum Gasteiger partial charge on any atom is -0.0795 e. The molecule has 0 aliphatic heterocycles. The molecule has 0 heterocycles. The lowest BCUT2D eigenvalue weighted by molar-refractivity contribution is 0.361. The van der Waals surface area contributed by atoms with Crippen LogP contribution in [0.1, 0.15) is 18.4 Å². The van der Waals surface area contributed by atoms with Crippen molar-refractivity contribution in [1.82, 2.24) is 0 Å². The van der Waals surface area contributed by atoms with Gasteiger partial charge in [0.2, 0.25) is 0 Å². The molecular weight excluding hydrogens is 1050 g/mol. The Morgan fingerprint density at radius 1 is 0.560 bits per heavy atom. The number of halogens is 11. The van der Waals surface area contributed by atoms with Crippen molar-refractivity contribution in [2.24, 2.45) is 0 Å². The fourth-order valence-corrected chi connectivity index (χ4v) is 16.3. The summed E-state index contributed by atoms with van der Waals surface area (Å²) in [6.45, 7) is 2.18. The number of hydrogen-bond acceptors (Lipinski definition) is 0. The third kappa shape index (κ3) is 3.42. The van der Waals surface area contributed by atoms with Crippen LogP contribution < -0.4 is 0 Å². The molecule has 0 radical (unpaired) electrons. The van der Waals surface area contributed by atoms with E-state index in [0.29, 0.717) is 0 Å². The molecule has 11 heteroatoms. The first kappa shape index (κ1) is 25.8. The second kappa shape index (κ2) is 8.13. The molecule has 2 rings (SSSR count). The summed E-state index contributed by atoms with van der Waals surface area (Å²) in [6, 6.07) is 10.4.